The molecule has 0 radical (unpaired) electrons. The Balaban J connectivity index is 2.44. The van der Waals surface area contributed by atoms with E-state index in [-0.39, 0.29) is 12.5 Å². The van der Waals surface area contributed by atoms with Crippen LogP contribution in [-0.4, -0.2) is 49.3 Å². The number of ether oxygens (including phenoxy) is 1. The van der Waals surface area contributed by atoms with Gasteiger partial charge in [-0.15, -0.1) is 0 Å². The molecular weight excluding hydrogens is 256 g/mol. The number of nitrogens with zero attached hydrogens (tertiary/aromatic N) is 1. The van der Waals surface area contributed by atoms with Crippen LogP contribution < -0.4 is 10.1 Å². The van der Waals surface area contributed by atoms with Gasteiger partial charge in [0, 0.05) is 30.8 Å². The van der Waals surface area contributed by atoms with Gasteiger partial charge in [0.25, 0.3) is 0 Å². The van der Waals surface area contributed by atoms with Crippen LogP contribution in [0.25, 0.3) is 0 Å². The van der Waals surface area contributed by atoms with E-state index in [1.54, 1.807) is 0 Å². The monoisotopic (exact) mass is 280 g/mol. The highest BCUT2D eigenvalue weighted by Crippen LogP contribution is 2.18. The van der Waals surface area contributed by atoms with Crippen LogP contribution >= 0.6 is 0 Å². The summed E-state index contributed by atoms with van der Waals surface area (Å²) in [5, 5.41) is 11.9. The maximum absolute atomic E-state index is 10.5. The van der Waals surface area contributed by atoms with Gasteiger partial charge in [0.05, 0.1) is 0 Å². The van der Waals surface area contributed by atoms with Crippen molar-refractivity contribution in [2.45, 2.75) is 25.8 Å². The van der Waals surface area contributed by atoms with Crippen LogP contribution in [0.2, 0.25) is 0 Å². The Kier molecular flexibility index (Phi) is 6.87. The molecule has 0 aromatic heterocycles. The Labute approximate surface area is 120 Å². The summed E-state index contributed by atoms with van der Waals surface area (Å²) >= 11 is 0. The van der Waals surface area contributed by atoms with E-state index in [1.807, 2.05) is 45.3 Å². The molecule has 1 unspecified atom stereocenters. The lowest BCUT2D eigenvalue weighted by atomic mass is 10.1. The van der Waals surface area contributed by atoms with Gasteiger partial charge in [-0.2, -0.15) is 0 Å². The normalized spacial score (nSPS) is 12.2. The van der Waals surface area contributed by atoms with Crippen molar-refractivity contribution < 1.29 is 14.6 Å². The number of carboxylic acid groups (broad SMARTS) is 1. The fourth-order valence-electron chi connectivity index (χ4n) is 1.72. The Morgan fingerprint density at radius 3 is 2.85 bits per heavy atom. The number of likely N-dealkylation sites (N-methyl/N-ethyl adjacent to an activating group) is 1. The molecular formula is C15H24N2O3. The fourth-order valence-corrected chi connectivity index (χ4v) is 1.72. The molecule has 0 aliphatic heterocycles. The minimum atomic E-state index is -0.764. The van der Waals surface area contributed by atoms with Gasteiger partial charge in [0.15, 0.2) is 0 Å². The van der Waals surface area contributed by atoms with Gasteiger partial charge in [-0.25, -0.2) is 0 Å². The van der Waals surface area contributed by atoms with Crippen LogP contribution in [-0.2, 0) is 4.79 Å². The Morgan fingerprint density at radius 1 is 1.45 bits per heavy atom. The van der Waals surface area contributed by atoms with E-state index < -0.39 is 5.97 Å². The standard InChI is InChI=1S/C15H24N2O3/c1-12(7-8-15(18)19)16-13-5-4-6-14(11-13)20-10-9-17(2)3/h4-6,11-12,16H,7-10H2,1-3H3,(H,18,19). The quantitative estimate of drug-likeness (QED) is 0.726. The summed E-state index contributed by atoms with van der Waals surface area (Å²) in [4.78, 5) is 12.6. The first-order valence-electron chi connectivity index (χ1n) is 6.83. The third kappa shape index (κ3) is 6.99. The molecule has 0 saturated carbocycles. The van der Waals surface area contributed by atoms with Crippen LogP contribution in [0.3, 0.4) is 0 Å². The number of aliphatic carboxylic acids is 1. The topological polar surface area (TPSA) is 61.8 Å². The molecule has 1 aromatic carbocycles. The summed E-state index contributed by atoms with van der Waals surface area (Å²) in [5.41, 5.74) is 0.949. The molecule has 0 fully saturated rings. The molecule has 1 rings (SSSR count). The van der Waals surface area contributed by atoms with Crippen molar-refractivity contribution in [1.29, 1.82) is 0 Å². The van der Waals surface area contributed by atoms with Crippen molar-refractivity contribution in [2.75, 3.05) is 32.6 Å². The minimum absolute atomic E-state index is 0.114. The number of anilines is 1. The number of carboxylic acids is 1. The molecule has 0 bridgehead atoms. The van der Waals surface area contributed by atoms with Gasteiger partial charge < -0.3 is 20.1 Å². The molecule has 0 amide bonds. The van der Waals surface area contributed by atoms with Crippen molar-refractivity contribution in [3.05, 3.63) is 24.3 Å². The summed E-state index contributed by atoms with van der Waals surface area (Å²) in [5.74, 6) is 0.0571. The Hall–Kier alpha value is -1.75. The van der Waals surface area contributed by atoms with E-state index in [1.165, 1.54) is 0 Å². The predicted octanol–water partition coefficient (Wildman–Crippen LogP) is 2.29. The molecule has 1 atom stereocenters. The second-order valence-corrected chi connectivity index (χ2v) is 5.16. The highest BCUT2D eigenvalue weighted by Gasteiger charge is 2.06. The van der Waals surface area contributed by atoms with E-state index in [4.69, 9.17) is 9.84 Å². The van der Waals surface area contributed by atoms with Crippen molar-refractivity contribution in [1.82, 2.24) is 4.90 Å². The zero-order valence-corrected chi connectivity index (χ0v) is 12.4. The predicted molar refractivity (Wildman–Crippen MR) is 80.4 cm³/mol. The number of hydrogen-bond acceptors (Lipinski definition) is 4. The minimum Gasteiger partial charge on any atom is -0.492 e. The third-order valence-electron chi connectivity index (χ3n) is 2.85. The van der Waals surface area contributed by atoms with Crippen LogP contribution in [0, 0.1) is 0 Å². The van der Waals surface area contributed by atoms with Gasteiger partial charge in [0.1, 0.15) is 12.4 Å². The number of carbonyl (C=O) groups is 1. The largest absolute Gasteiger partial charge is 0.492 e. The first kappa shape index (κ1) is 16.3. The van der Waals surface area contributed by atoms with Crippen molar-refractivity contribution >= 4 is 11.7 Å². The van der Waals surface area contributed by atoms with Crippen LogP contribution in [0.5, 0.6) is 5.75 Å². The third-order valence-corrected chi connectivity index (χ3v) is 2.85. The molecule has 0 heterocycles. The lowest BCUT2D eigenvalue weighted by Crippen LogP contribution is -2.19. The van der Waals surface area contributed by atoms with Gasteiger partial charge in [-0.3, -0.25) is 4.79 Å². The molecule has 112 valence electrons. The molecule has 5 heteroatoms. The lowest BCUT2D eigenvalue weighted by Gasteiger charge is -2.16. The number of benzene rings is 1. The summed E-state index contributed by atoms with van der Waals surface area (Å²) < 4.78 is 5.66. The van der Waals surface area contributed by atoms with Crippen molar-refractivity contribution in [3.8, 4) is 5.75 Å². The Bertz CT molecular complexity index is 421. The first-order valence-corrected chi connectivity index (χ1v) is 6.83. The molecule has 0 aliphatic rings. The van der Waals surface area contributed by atoms with Gasteiger partial charge in [0.2, 0.25) is 0 Å². The van der Waals surface area contributed by atoms with E-state index in [0.29, 0.717) is 13.0 Å². The summed E-state index contributed by atoms with van der Waals surface area (Å²) in [6, 6.07) is 7.85. The number of hydrogen-bond donors (Lipinski definition) is 2. The molecule has 0 spiro atoms. The molecule has 0 aliphatic carbocycles. The fraction of sp³-hybridized carbons (Fsp3) is 0.533. The van der Waals surface area contributed by atoms with E-state index in [2.05, 4.69) is 10.2 Å². The molecule has 1 aromatic rings. The SMILES string of the molecule is CC(CCC(=O)O)Nc1cccc(OCCN(C)C)c1. The molecule has 2 N–H and O–H groups in total. The zero-order chi connectivity index (χ0) is 15.0. The zero-order valence-electron chi connectivity index (χ0n) is 12.4. The van der Waals surface area contributed by atoms with Crippen molar-refractivity contribution in [3.63, 3.8) is 0 Å². The first-order chi connectivity index (χ1) is 9.47. The second-order valence-electron chi connectivity index (χ2n) is 5.16. The van der Waals surface area contributed by atoms with Gasteiger partial charge >= 0.3 is 5.97 Å². The summed E-state index contributed by atoms with van der Waals surface area (Å²) in [7, 11) is 4.01. The Morgan fingerprint density at radius 2 is 2.20 bits per heavy atom. The lowest BCUT2D eigenvalue weighted by molar-refractivity contribution is -0.137. The smallest absolute Gasteiger partial charge is 0.303 e. The number of nitrogens with one attached hydrogen (secondary N) is 1. The molecule has 0 saturated heterocycles. The van der Waals surface area contributed by atoms with Crippen LogP contribution in [0.4, 0.5) is 5.69 Å². The summed E-state index contributed by atoms with van der Waals surface area (Å²) in [6.45, 7) is 3.49. The highest BCUT2D eigenvalue weighted by atomic mass is 16.5. The highest BCUT2D eigenvalue weighted by molar-refractivity contribution is 5.66. The van der Waals surface area contributed by atoms with Crippen LogP contribution in [0.15, 0.2) is 24.3 Å². The average Bonchev–Trinajstić information content (AvgIpc) is 2.36. The van der Waals surface area contributed by atoms with Crippen molar-refractivity contribution in [2.24, 2.45) is 0 Å². The van der Waals surface area contributed by atoms with E-state index in [9.17, 15) is 4.79 Å². The van der Waals surface area contributed by atoms with E-state index >= 15 is 0 Å². The maximum Gasteiger partial charge on any atom is 0.303 e. The average molecular weight is 280 g/mol. The van der Waals surface area contributed by atoms with Gasteiger partial charge in [-0.05, 0) is 39.6 Å². The number of rotatable bonds is 9. The second kappa shape index (κ2) is 8.43. The maximum atomic E-state index is 10.5. The van der Waals surface area contributed by atoms with Crippen LogP contribution in [0.1, 0.15) is 19.8 Å². The molecule has 20 heavy (non-hydrogen) atoms. The molecule has 5 nitrogen and oxygen atoms in total. The van der Waals surface area contributed by atoms with Gasteiger partial charge in [-0.1, -0.05) is 6.07 Å². The van der Waals surface area contributed by atoms with E-state index in [0.717, 1.165) is 18.0 Å². The summed E-state index contributed by atoms with van der Waals surface area (Å²) in [6.07, 6.45) is 0.772.